The number of carbonyl (C=O) groups is 2. The zero-order chi connectivity index (χ0) is 17.5. The molecule has 0 bridgehead atoms. The standard InChI is InChI=1S/C11H9NO.C8H9NO2.Y/c12-11(13)10-6-5-8-3-1-2-4-9(8)7-10;1-9-8(11)6-2-4-7(10)5-3-6;/h1-7H,(H2,12,13);2-5,10H,1H3,(H,9,11);/p-1. The summed E-state index contributed by atoms with van der Waals surface area (Å²) >= 11 is 0. The van der Waals surface area contributed by atoms with Gasteiger partial charge in [0.05, 0.1) is 5.91 Å². The van der Waals surface area contributed by atoms with Gasteiger partial charge in [-0.25, -0.2) is 0 Å². The molecular weight excluding hydrogens is 393 g/mol. The normalized spacial score (nSPS) is 9.32. The quantitative estimate of drug-likeness (QED) is 0.674. The Hall–Kier alpha value is -2.24. The molecule has 0 aliphatic heterocycles. The molecule has 5 nitrogen and oxygen atoms in total. The number of amides is 2. The van der Waals surface area contributed by atoms with Crippen LogP contribution in [0.25, 0.3) is 16.5 Å². The third-order valence-corrected chi connectivity index (χ3v) is 3.37. The maximum Gasteiger partial charge on any atom is 0.251 e. The second-order valence-electron chi connectivity index (χ2n) is 5.02. The summed E-state index contributed by atoms with van der Waals surface area (Å²) in [6.45, 7) is 0. The molecule has 0 fully saturated rings. The molecular formula is C19H17N2O3Y-. The molecule has 0 heterocycles. The minimum absolute atomic E-state index is 0. The van der Waals surface area contributed by atoms with Gasteiger partial charge in [0.1, 0.15) is 5.75 Å². The molecule has 1 radical (unpaired) electrons. The predicted molar refractivity (Wildman–Crippen MR) is 94.1 cm³/mol. The molecule has 3 N–H and O–H groups in total. The Kier molecular flexibility index (Phi) is 8.25. The van der Waals surface area contributed by atoms with Crippen molar-refractivity contribution in [3.63, 3.8) is 0 Å². The molecule has 3 aromatic carbocycles. The second-order valence-corrected chi connectivity index (χ2v) is 5.02. The summed E-state index contributed by atoms with van der Waals surface area (Å²) in [5.41, 5.74) is 7.94. The van der Waals surface area contributed by atoms with Crippen LogP contribution in [0.15, 0.2) is 66.7 Å². The van der Waals surface area contributed by atoms with Gasteiger partial charge in [0, 0.05) is 45.3 Å². The Morgan fingerprint density at radius 2 is 1.44 bits per heavy atom. The molecule has 3 rings (SSSR count). The third kappa shape index (κ3) is 5.96. The monoisotopic (exact) mass is 410 g/mol. The van der Waals surface area contributed by atoms with E-state index < -0.39 is 5.91 Å². The van der Waals surface area contributed by atoms with Gasteiger partial charge in [0.2, 0.25) is 0 Å². The summed E-state index contributed by atoms with van der Waals surface area (Å²) in [4.78, 5) is 21.7. The molecule has 0 unspecified atom stereocenters. The van der Waals surface area contributed by atoms with Crippen LogP contribution in [-0.2, 0) is 32.7 Å². The van der Waals surface area contributed by atoms with E-state index in [0.29, 0.717) is 11.1 Å². The Balaban J connectivity index is 0.000000244. The minimum Gasteiger partial charge on any atom is -0.664 e. The Morgan fingerprint density at radius 3 is 2.00 bits per heavy atom. The fourth-order valence-corrected chi connectivity index (χ4v) is 2.09. The van der Waals surface area contributed by atoms with Gasteiger partial charge in [-0.2, -0.15) is 0 Å². The van der Waals surface area contributed by atoms with E-state index in [1.54, 1.807) is 31.3 Å². The second kappa shape index (κ2) is 9.91. The van der Waals surface area contributed by atoms with Crippen LogP contribution in [-0.4, -0.2) is 24.0 Å². The van der Waals surface area contributed by atoms with Crippen LogP contribution >= 0.6 is 0 Å². The first-order valence-corrected chi connectivity index (χ1v) is 7.27. The van der Waals surface area contributed by atoms with Crippen molar-refractivity contribution in [2.75, 3.05) is 7.05 Å². The van der Waals surface area contributed by atoms with Gasteiger partial charge in [-0.15, -0.1) is 0 Å². The average Bonchev–Trinajstić information content (AvgIpc) is 2.61. The molecule has 0 aromatic heterocycles. The molecule has 0 aliphatic rings. The van der Waals surface area contributed by atoms with Crippen molar-refractivity contribution in [1.29, 1.82) is 0 Å². The number of hydrogen-bond donors (Lipinski definition) is 2. The summed E-state index contributed by atoms with van der Waals surface area (Å²) < 4.78 is 0. The molecule has 0 saturated heterocycles. The van der Waals surface area contributed by atoms with Gasteiger partial charge in [-0.3, -0.25) is 4.79 Å². The fraction of sp³-hybridized carbons (Fsp3) is 0.0526. The average molecular weight is 410 g/mol. The van der Waals surface area contributed by atoms with Crippen LogP contribution in [0, 0.1) is 0 Å². The zero-order valence-corrected chi connectivity index (χ0v) is 16.5. The smallest absolute Gasteiger partial charge is 0.251 e. The first kappa shape index (κ1) is 20.8. The van der Waals surface area contributed by atoms with E-state index in [9.17, 15) is 9.59 Å². The maximum atomic E-state index is 10.9. The molecule has 2 amide bonds. The molecule has 6 heteroatoms. The van der Waals surface area contributed by atoms with Gasteiger partial charge in [0.15, 0.2) is 0 Å². The molecule has 25 heavy (non-hydrogen) atoms. The summed E-state index contributed by atoms with van der Waals surface area (Å²) in [5.74, 6) is -0.617. The van der Waals surface area contributed by atoms with E-state index >= 15 is 0 Å². The van der Waals surface area contributed by atoms with E-state index in [0.717, 1.165) is 10.8 Å². The third-order valence-electron chi connectivity index (χ3n) is 3.37. The maximum absolute atomic E-state index is 10.9. The van der Waals surface area contributed by atoms with Crippen LogP contribution in [0.5, 0.6) is 5.75 Å². The van der Waals surface area contributed by atoms with Crippen molar-refractivity contribution >= 4 is 22.6 Å². The van der Waals surface area contributed by atoms with Crippen LogP contribution in [0.1, 0.15) is 20.7 Å². The number of carbonyl (C=O) groups excluding carboxylic acids is 2. The van der Waals surface area contributed by atoms with E-state index in [1.807, 2.05) is 30.3 Å². The zero-order valence-electron chi connectivity index (χ0n) is 13.7. The van der Waals surface area contributed by atoms with Gasteiger partial charge in [0.25, 0.3) is 5.91 Å². The SMILES string of the molecule is CNC(=O)c1ccc(O)cc1.[NH-]C(=O)c1ccc2ccccc2c1.[Y]. The number of aromatic hydroxyl groups is 1. The number of rotatable bonds is 2. The molecule has 0 saturated carbocycles. The summed E-state index contributed by atoms with van der Waals surface area (Å²) in [6.07, 6.45) is 0. The summed E-state index contributed by atoms with van der Waals surface area (Å²) in [5, 5.41) is 13.5. The topological polar surface area (TPSA) is 90.2 Å². The van der Waals surface area contributed by atoms with Crippen molar-refractivity contribution in [3.8, 4) is 5.75 Å². The molecule has 125 valence electrons. The van der Waals surface area contributed by atoms with E-state index in [1.165, 1.54) is 12.1 Å². The minimum atomic E-state index is -0.634. The molecule has 0 atom stereocenters. The van der Waals surface area contributed by atoms with Gasteiger partial charge in [-0.1, -0.05) is 36.4 Å². The number of phenolic OH excluding ortho intramolecular Hbond substituents is 1. The number of fused-ring (bicyclic) bond motifs is 1. The van der Waals surface area contributed by atoms with Crippen molar-refractivity contribution in [1.82, 2.24) is 5.32 Å². The van der Waals surface area contributed by atoms with E-state index in [-0.39, 0.29) is 44.4 Å². The Morgan fingerprint density at radius 1 is 0.880 bits per heavy atom. The molecule has 0 spiro atoms. The van der Waals surface area contributed by atoms with Crippen molar-refractivity contribution in [2.24, 2.45) is 0 Å². The summed E-state index contributed by atoms with van der Waals surface area (Å²) in [7, 11) is 1.56. The van der Waals surface area contributed by atoms with Gasteiger partial charge < -0.3 is 21.0 Å². The first-order valence-electron chi connectivity index (χ1n) is 7.27. The number of benzene rings is 3. The first-order chi connectivity index (χ1) is 11.5. The molecule has 0 aliphatic carbocycles. The van der Waals surface area contributed by atoms with Crippen LogP contribution in [0.3, 0.4) is 0 Å². The molecule has 3 aromatic rings. The summed E-state index contributed by atoms with van der Waals surface area (Å²) in [6, 6.07) is 19.1. The van der Waals surface area contributed by atoms with Crippen molar-refractivity contribution in [3.05, 3.63) is 83.6 Å². The van der Waals surface area contributed by atoms with Crippen LogP contribution in [0.4, 0.5) is 0 Å². The fourth-order valence-electron chi connectivity index (χ4n) is 2.09. The Labute approximate surface area is 171 Å². The van der Waals surface area contributed by atoms with E-state index in [2.05, 4.69) is 5.32 Å². The van der Waals surface area contributed by atoms with Gasteiger partial charge >= 0.3 is 0 Å². The van der Waals surface area contributed by atoms with Crippen molar-refractivity contribution < 1.29 is 47.4 Å². The van der Waals surface area contributed by atoms with E-state index in [4.69, 9.17) is 10.8 Å². The van der Waals surface area contributed by atoms with Crippen LogP contribution < -0.4 is 5.32 Å². The Bertz CT molecular complexity index is 864. The van der Waals surface area contributed by atoms with Gasteiger partial charge in [-0.05, 0) is 46.7 Å². The van der Waals surface area contributed by atoms with Crippen LogP contribution in [0.2, 0.25) is 0 Å². The van der Waals surface area contributed by atoms with Crippen molar-refractivity contribution in [2.45, 2.75) is 0 Å². The largest absolute Gasteiger partial charge is 0.664 e. The number of hydrogen-bond acceptors (Lipinski definition) is 3. The predicted octanol–water partition coefficient (Wildman–Crippen LogP) is 3.78. The number of phenols is 1. The number of nitrogens with one attached hydrogen (secondary N) is 2.